The van der Waals surface area contributed by atoms with Gasteiger partial charge in [0.05, 0.1) is 6.10 Å². The number of piperidine rings is 1. The number of nitrogens with one attached hydrogen (secondary N) is 1. The summed E-state index contributed by atoms with van der Waals surface area (Å²) in [6, 6.07) is 6.44. The van der Waals surface area contributed by atoms with Crippen molar-refractivity contribution in [2.75, 3.05) is 24.5 Å². The molecule has 4 heteroatoms. The van der Waals surface area contributed by atoms with Crippen molar-refractivity contribution in [2.24, 2.45) is 5.92 Å². The van der Waals surface area contributed by atoms with Crippen LogP contribution in [0.5, 0.6) is 0 Å². The molecule has 0 aliphatic carbocycles. The molecule has 0 bridgehead atoms. The van der Waals surface area contributed by atoms with Crippen molar-refractivity contribution in [1.29, 1.82) is 0 Å². The fourth-order valence-electron chi connectivity index (χ4n) is 2.65. The molecule has 2 N–H and O–H groups in total. The third-order valence-electron chi connectivity index (χ3n) is 4.05. The predicted octanol–water partition coefficient (Wildman–Crippen LogP) is 3.16. The van der Waals surface area contributed by atoms with Crippen molar-refractivity contribution in [3.63, 3.8) is 0 Å². The first-order valence-corrected chi connectivity index (χ1v) is 8.33. The summed E-state index contributed by atoms with van der Waals surface area (Å²) < 4.78 is 1.10. The van der Waals surface area contributed by atoms with Gasteiger partial charge < -0.3 is 15.3 Å². The van der Waals surface area contributed by atoms with Gasteiger partial charge in [0.2, 0.25) is 0 Å². The standard InChI is InChI=1S/C16H25BrN2O/c1-3-7-18-10-13-4-5-14(17)9-15(13)19-8-6-12(2)16(20)11-19/h4-5,9,12,16,18,20H,3,6-8,10-11H2,1-2H3. The van der Waals surface area contributed by atoms with Gasteiger partial charge in [-0.1, -0.05) is 35.8 Å². The number of anilines is 1. The Morgan fingerprint density at radius 3 is 2.95 bits per heavy atom. The summed E-state index contributed by atoms with van der Waals surface area (Å²) in [6.07, 6.45) is 1.97. The molecule has 1 fully saturated rings. The van der Waals surface area contributed by atoms with Gasteiger partial charge in [-0.15, -0.1) is 0 Å². The Morgan fingerprint density at radius 1 is 1.45 bits per heavy atom. The number of halogens is 1. The molecule has 2 rings (SSSR count). The molecular formula is C16H25BrN2O. The Kier molecular flexibility index (Phi) is 5.87. The van der Waals surface area contributed by atoms with E-state index in [1.165, 1.54) is 11.3 Å². The number of hydrogen-bond donors (Lipinski definition) is 2. The van der Waals surface area contributed by atoms with Crippen molar-refractivity contribution >= 4 is 21.6 Å². The Bertz CT molecular complexity index is 438. The molecule has 1 aromatic rings. The zero-order valence-corrected chi connectivity index (χ0v) is 14.0. The normalized spacial score (nSPS) is 23.1. The van der Waals surface area contributed by atoms with Crippen molar-refractivity contribution in [2.45, 2.75) is 39.3 Å². The van der Waals surface area contributed by atoms with Gasteiger partial charge in [-0.3, -0.25) is 0 Å². The van der Waals surface area contributed by atoms with Crippen LogP contribution in [0.2, 0.25) is 0 Å². The van der Waals surface area contributed by atoms with Gasteiger partial charge in [0.25, 0.3) is 0 Å². The molecule has 1 aliphatic rings. The number of β-amino-alcohol motifs (C(OH)–C–C–N with tert-alkyl or cyclic N) is 1. The van der Waals surface area contributed by atoms with Crippen LogP contribution in [0.4, 0.5) is 5.69 Å². The summed E-state index contributed by atoms with van der Waals surface area (Å²) in [6.45, 7) is 7.99. The van der Waals surface area contributed by atoms with Crippen molar-refractivity contribution in [1.82, 2.24) is 5.32 Å². The minimum absolute atomic E-state index is 0.223. The molecule has 0 aromatic heterocycles. The van der Waals surface area contributed by atoms with E-state index >= 15 is 0 Å². The molecule has 1 aromatic carbocycles. The first-order valence-electron chi connectivity index (χ1n) is 7.54. The zero-order valence-electron chi connectivity index (χ0n) is 12.4. The molecule has 112 valence electrons. The van der Waals surface area contributed by atoms with Crippen LogP contribution in [0, 0.1) is 5.92 Å². The van der Waals surface area contributed by atoms with Crippen LogP contribution in [0.3, 0.4) is 0 Å². The summed E-state index contributed by atoms with van der Waals surface area (Å²) in [5.74, 6) is 0.403. The molecule has 1 aliphatic heterocycles. The van der Waals surface area contributed by atoms with Gasteiger partial charge in [0.15, 0.2) is 0 Å². The fraction of sp³-hybridized carbons (Fsp3) is 0.625. The van der Waals surface area contributed by atoms with E-state index in [-0.39, 0.29) is 6.10 Å². The molecule has 1 heterocycles. The third kappa shape index (κ3) is 3.96. The smallest absolute Gasteiger partial charge is 0.0741 e. The molecule has 3 nitrogen and oxygen atoms in total. The lowest BCUT2D eigenvalue weighted by Gasteiger charge is -2.37. The lowest BCUT2D eigenvalue weighted by molar-refractivity contribution is 0.103. The number of hydrogen-bond acceptors (Lipinski definition) is 3. The molecule has 20 heavy (non-hydrogen) atoms. The second-order valence-electron chi connectivity index (χ2n) is 5.73. The first kappa shape index (κ1) is 15.8. The second-order valence-corrected chi connectivity index (χ2v) is 6.64. The van der Waals surface area contributed by atoms with Crippen LogP contribution < -0.4 is 10.2 Å². The molecule has 2 atom stereocenters. The number of aliphatic hydroxyl groups is 1. The van der Waals surface area contributed by atoms with Crippen LogP contribution >= 0.6 is 15.9 Å². The first-order chi connectivity index (χ1) is 9.61. The van der Waals surface area contributed by atoms with Crippen LogP contribution in [0.25, 0.3) is 0 Å². The molecule has 0 amide bonds. The maximum atomic E-state index is 10.1. The van der Waals surface area contributed by atoms with Gasteiger partial charge in [-0.2, -0.15) is 0 Å². The Morgan fingerprint density at radius 2 is 2.25 bits per heavy atom. The lowest BCUT2D eigenvalue weighted by atomic mass is 9.95. The Labute approximate surface area is 130 Å². The predicted molar refractivity (Wildman–Crippen MR) is 88.1 cm³/mol. The van der Waals surface area contributed by atoms with E-state index in [1.807, 2.05) is 0 Å². The highest BCUT2D eigenvalue weighted by molar-refractivity contribution is 9.10. The maximum absolute atomic E-state index is 10.1. The van der Waals surface area contributed by atoms with E-state index in [4.69, 9.17) is 0 Å². The molecule has 1 saturated heterocycles. The molecular weight excluding hydrogens is 316 g/mol. The largest absolute Gasteiger partial charge is 0.391 e. The Hall–Kier alpha value is -0.580. The molecule has 2 unspecified atom stereocenters. The van der Waals surface area contributed by atoms with Gasteiger partial charge in [0, 0.05) is 29.8 Å². The minimum atomic E-state index is -0.223. The average Bonchev–Trinajstić information content (AvgIpc) is 2.44. The number of aliphatic hydroxyl groups excluding tert-OH is 1. The van der Waals surface area contributed by atoms with E-state index in [0.29, 0.717) is 5.92 Å². The number of nitrogens with zero attached hydrogens (tertiary/aromatic N) is 1. The molecule has 0 radical (unpaired) electrons. The van der Waals surface area contributed by atoms with E-state index in [1.54, 1.807) is 0 Å². The summed E-state index contributed by atoms with van der Waals surface area (Å²) >= 11 is 3.56. The van der Waals surface area contributed by atoms with E-state index in [0.717, 1.165) is 43.5 Å². The topological polar surface area (TPSA) is 35.5 Å². The lowest BCUT2D eigenvalue weighted by Crippen LogP contribution is -2.43. The van der Waals surface area contributed by atoms with Gasteiger partial charge >= 0.3 is 0 Å². The van der Waals surface area contributed by atoms with E-state index in [2.05, 4.69) is 58.2 Å². The van der Waals surface area contributed by atoms with Crippen molar-refractivity contribution in [3.8, 4) is 0 Å². The van der Waals surface area contributed by atoms with Crippen LogP contribution in [-0.4, -0.2) is 30.8 Å². The van der Waals surface area contributed by atoms with Crippen LogP contribution in [0.15, 0.2) is 22.7 Å². The SMILES string of the molecule is CCCNCc1ccc(Br)cc1N1CCC(C)C(O)C1. The van der Waals surface area contributed by atoms with Crippen molar-refractivity contribution in [3.05, 3.63) is 28.2 Å². The summed E-state index contributed by atoms with van der Waals surface area (Å²) in [4.78, 5) is 2.32. The van der Waals surface area contributed by atoms with Crippen LogP contribution in [0.1, 0.15) is 32.3 Å². The average molecular weight is 341 g/mol. The van der Waals surface area contributed by atoms with E-state index in [9.17, 15) is 5.11 Å². The van der Waals surface area contributed by atoms with Crippen LogP contribution in [-0.2, 0) is 6.54 Å². The fourth-order valence-corrected chi connectivity index (χ4v) is 3.00. The minimum Gasteiger partial charge on any atom is -0.391 e. The quantitative estimate of drug-likeness (QED) is 0.808. The van der Waals surface area contributed by atoms with Gasteiger partial charge in [-0.25, -0.2) is 0 Å². The summed E-state index contributed by atoms with van der Waals surface area (Å²) in [7, 11) is 0. The highest BCUT2D eigenvalue weighted by Gasteiger charge is 2.25. The maximum Gasteiger partial charge on any atom is 0.0741 e. The van der Waals surface area contributed by atoms with Gasteiger partial charge in [0.1, 0.15) is 0 Å². The number of benzene rings is 1. The summed E-state index contributed by atoms with van der Waals surface area (Å²) in [5, 5.41) is 13.6. The Balaban J connectivity index is 2.14. The highest BCUT2D eigenvalue weighted by Crippen LogP contribution is 2.29. The summed E-state index contributed by atoms with van der Waals surface area (Å²) in [5.41, 5.74) is 2.55. The molecule has 0 spiro atoms. The second kappa shape index (κ2) is 7.43. The highest BCUT2D eigenvalue weighted by atomic mass is 79.9. The third-order valence-corrected chi connectivity index (χ3v) is 4.54. The number of rotatable bonds is 5. The zero-order chi connectivity index (χ0) is 14.5. The molecule has 0 saturated carbocycles. The van der Waals surface area contributed by atoms with Gasteiger partial charge in [-0.05, 0) is 43.0 Å². The van der Waals surface area contributed by atoms with E-state index < -0.39 is 0 Å². The monoisotopic (exact) mass is 340 g/mol. The van der Waals surface area contributed by atoms with Crippen molar-refractivity contribution < 1.29 is 5.11 Å².